The zero-order valence-electron chi connectivity index (χ0n) is 18.2. The molecule has 162 valence electrons. The van der Waals surface area contributed by atoms with Crippen LogP contribution in [0.5, 0.6) is 28.7 Å². The third-order valence-corrected chi connectivity index (χ3v) is 5.20. The van der Waals surface area contributed by atoms with Gasteiger partial charge in [-0.3, -0.25) is 4.79 Å². The van der Waals surface area contributed by atoms with E-state index >= 15 is 0 Å². The second kappa shape index (κ2) is 8.26. The van der Waals surface area contributed by atoms with Crippen LogP contribution in [0.3, 0.4) is 0 Å². The van der Waals surface area contributed by atoms with Gasteiger partial charge in [0, 0.05) is 17.2 Å². The number of rotatable bonds is 6. The van der Waals surface area contributed by atoms with Crippen molar-refractivity contribution in [3.63, 3.8) is 0 Å². The molecule has 0 spiro atoms. The van der Waals surface area contributed by atoms with Gasteiger partial charge in [-0.05, 0) is 32.4 Å². The summed E-state index contributed by atoms with van der Waals surface area (Å²) < 4.78 is 33.5. The molecule has 1 aromatic heterocycles. The Hall–Kier alpha value is -3.61. The molecule has 0 atom stereocenters. The maximum atomic E-state index is 13.6. The quantitative estimate of drug-likeness (QED) is 0.530. The standard InChI is InChI=1S/C24H24O7/c1-13(2)6-7-14-23-16(9-21(27-4)24(14)28-5)22(25)17(11-29-23)15-8-19-20(31-12-30-19)10-18(15)26-3/h6,8-11H,7,12H2,1-5H3. The highest BCUT2D eigenvalue weighted by atomic mass is 16.7. The summed E-state index contributed by atoms with van der Waals surface area (Å²) in [6, 6.07) is 5.08. The first-order chi connectivity index (χ1) is 15.0. The lowest BCUT2D eigenvalue weighted by Gasteiger charge is -2.15. The van der Waals surface area contributed by atoms with E-state index in [1.807, 2.05) is 19.9 Å². The molecule has 31 heavy (non-hydrogen) atoms. The summed E-state index contributed by atoms with van der Waals surface area (Å²) in [7, 11) is 4.65. The summed E-state index contributed by atoms with van der Waals surface area (Å²) >= 11 is 0. The average molecular weight is 424 g/mol. The van der Waals surface area contributed by atoms with Crippen molar-refractivity contribution in [2.24, 2.45) is 0 Å². The molecule has 0 aliphatic carbocycles. The molecule has 0 bridgehead atoms. The Morgan fingerprint density at radius 1 is 0.968 bits per heavy atom. The van der Waals surface area contributed by atoms with Crippen molar-refractivity contribution < 1.29 is 28.1 Å². The highest BCUT2D eigenvalue weighted by Crippen LogP contribution is 2.43. The molecule has 3 aromatic rings. The first-order valence-corrected chi connectivity index (χ1v) is 9.79. The molecule has 0 N–H and O–H groups in total. The first kappa shape index (κ1) is 20.7. The molecule has 0 radical (unpaired) electrons. The monoisotopic (exact) mass is 424 g/mol. The van der Waals surface area contributed by atoms with Crippen LogP contribution in [0.15, 0.2) is 45.3 Å². The molecular weight excluding hydrogens is 400 g/mol. The highest BCUT2D eigenvalue weighted by Gasteiger charge is 2.24. The van der Waals surface area contributed by atoms with Gasteiger partial charge in [-0.1, -0.05) is 11.6 Å². The van der Waals surface area contributed by atoms with Gasteiger partial charge < -0.3 is 28.1 Å². The van der Waals surface area contributed by atoms with Crippen LogP contribution in [0.1, 0.15) is 19.4 Å². The van der Waals surface area contributed by atoms with Gasteiger partial charge in [-0.15, -0.1) is 0 Å². The van der Waals surface area contributed by atoms with Crippen LogP contribution in [0.2, 0.25) is 0 Å². The number of hydrogen-bond acceptors (Lipinski definition) is 7. The summed E-state index contributed by atoms with van der Waals surface area (Å²) in [6.07, 6.45) is 4.03. The van der Waals surface area contributed by atoms with Crippen LogP contribution in [-0.2, 0) is 6.42 Å². The molecule has 0 saturated carbocycles. The Balaban J connectivity index is 1.99. The fourth-order valence-corrected chi connectivity index (χ4v) is 3.65. The summed E-state index contributed by atoms with van der Waals surface area (Å²) in [5, 5.41) is 0.395. The lowest BCUT2D eigenvalue weighted by molar-refractivity contribution is 0.174. The lowest BCUT2D eigenvalue weighted by atomic mass is 10.00. The Kier molecular flexibility index (Phi) is 5.50. The first-order valence-electron chi connectivity index (χ1n) is 9.79. The fourth-order valence-electron chi connectivity index (χ4n) is 3.65. The van der Waals surface area contributed by atoms with E-state index < -0.39 is 0 Å². The van der Waals surface area contributed by atoms with Gasteiger partial charge in [0.15, 0.2) is 23.0 Å². The van der Waals surface area contributed by atoms with Crippen LogP contribution < -0.4 is 29.1 Å². The summed E-state index contributed by atoms with van der Waals surface area (Å²) in [6.45, 7) is 4.14. The van der Waals surface area contributed by atoms with Crippen molar-refractivity contribution in [2.45, 2.75) is 20.3 Å². The molecule has 0 amide bonds. The van der Waals surface area contributed by atoms with Crippen molar-refractivity contribution in [2.75, 3.05) is 28.1 Å². The van der Waals surface area contributed by atoms with E-state index in [2.05, 4.69) is 0 Å². The Morgan fingerprint density at radius 3 is 2.32 bits per heavy atom. The topological polar surface area (TPSA) is 76.4 Å². The molecule has 1 aliphatic rings. The summed E-state index contributed by atoms with van der Waals surface area (Å²) in [5.41, 5.74) is 3.05. The number of hydrogen-bond donors (Lipinski definition) is 0. The number of methoxy groups -OCH3 is 3. The van der Waals surface area contributed by atoms with Crippen LogP contribution in [0.25, 0.3) is 22.1 Å². The van der Waals surface area contributed by atoms with Crippen LogP contribution in [0, 0.1) is 0 Å². The second-order valence-corrected chi connectivity index (χ2v) is 7.34. The van der Waals surface area contributed by atoms with E-state index in [1.54, 1.807) is 32.4 Å². The number of fused-ring (bicyclic) bond motifs is 2. The normalized spacial score (nSPS) is 12.0. The average Bonchev–Trinajstić information content (AvgIpc) is 3.23. The minimum Gasteiger partial charge on any atom is -0.496 e. The predicted octanol–water partition coefficient (Wildman–Crippen LogP) is 4.72. The molecule has 1 aliphatic heterocycles. The maximum Gasteiger partial charge on any atom is 0.231 e. The molecule has 0 saturated heterocycles. The van der Waals surface area contributed by atoms with E-state index in [0.29, 0.717) is 57.3 Å². The van der Waals surface area contributed by atoms with Crippen molar-refractivity contribution in [1.82, 2.24) is 0 Å². The van der Waals surface area contributed by atoms with Crippen molar-refractivity contribution in [3.05, 3.63) is 51.9 Å². The van der Waals surface area contributed by atoms with Gasteiger partial charge in [-0.2, -0.15) is 0 Å². The summed E-state index contributed by atoms with van der Waals surface area (Å²) in [5.74, 6) is 2.62. The molecule has 2 aromatic carbocycles. The maximum absolute atomic E-state index is 13.6. The summed E-state index contributed by atoms with van der Waals surface area (Å²) in [4.78, 5) is 13.6. The van der Waals surface area contributed by atoms with Crippen LogP contribution in [0.4, 0.5) is 0 Å². The molecule has 0 unspecified atom stereocenters. The Morgan fingerprint density at radius 2 is 1.68 bits per heavy atom. The fraction of sp³-hybridized carbons (Fsp3) is 0.292. The van der Waals surface area contributed by atoms with E-state index in [1.165, 1.54) is 13.4 Å². The van der Waals surface area contributed by atoms with Gasteiger partial charge in [0.25, 0.3) is 0 Å². The minimum absolute atomic E-state index is 0.124. The smallest absolute Gasteiger partial charge is 0.231 e. The SMILES string of the molecule is COc1cc2c(cc1-c1coc3c(CC=C(C)C)c(OC)c(OC)cc3c1=O)OCO2. The number of benzene rings is 2. The van der Waals surface area contributed by atoms with Gasteiger partial charge in [0.2, 0.25) is 12.2 Å². The van der Waals surface area contributed by atoms with Gasteiger partial charge in [0.1, 0.15) is 17.6 Å². The second-order valence-electron chi connectivity index (χ2n) is 7.34. The van der Waals surface area contributed by atoms with Crippen molar-refractivity contribution >= 4 is 11.0 Å². The van der Waals surface area contributed by atoms with Gasteiger partial charge >= 0.3 is 0 Å². The zero-order chi connectivity index (χ0) is 22.1. The molecule has 0 fully saturated rings. The van der Waals surface area contributed by atoms with Gasteiger partial charge in [0.05, 0.1) is 32.3 Å². The highest BCUT2D eigenvalue weighted by molar-refractivity contribution is 5.89. The Labute approximate surface area is 179 Å². The van der Waals surface area contributed by atoms with Crippen molar-refractivity contribution in [1.29, 1.82) is 0 Å². The third-order valence-electron chi connectivity index (χ3n) is 5.20. The lowest BCUT2D eigenvalue weighted by Crippen LogP contribution is -2.08. The number of allylic oxidation sites excluding steroid dienone is 2. The van der Waals surface area contributed by atoms with E-state index in [0.717, 1.165) is 11.1 Å². The van der Waals surface area contributed by atoms with Crippen molar-refractivity contribution in [3.8, 4) is 39.9 Å². The van der Waals surface area contributed by atoms with E-state index in [4.69, 9.17) is 28.1 Å². The molecule has 2 heterocycles. The largest absolute Gasteiger partial charge is 0.496 e. The van der Waals surface area contributed by atoms with E-state index in [-0.39, 0.29) is 12.2 Å². The number of ether oxygens (including phenoxy) is 5. The predicted molar refractivity (Wildman–Crippen MR) is 117 cm³/mol. The van der Waals surface area contributed by atoms with Gasteiger partial charge in [-0.25, -0.2) is 0 Å². The van der Waals surface area contributed by atoms with Crippen LogP contribution >= 0.6 is 0 Å². The van der Waals surface area contributed by atoms with Crippen LogP contribution in [-0.4, -0.2) is 28.1 Å². The Bertz CT molecular complexity index is 1230. The minimum atomic E-state index is -0.210. The zero-order valence-corrected chi connectivity index (χ0v) is 18.2. The molecular formula is C24H24O7. The van der Waals surface area contributed by atoms with E-state index in [9.17, 15) is 4.79 Å². The molecule has 4 rings (SSSR count). The third kappa shape index (κ3) is 3.56. The molecule has 7 nitrogen and oxygen atoms in total. The molecule has 7 heteroatoms.